The number of fused-ring (bicyclic) bond motifs is 1. The normalized spacial score (nSPS) is 14.8. The third kappa shape index (κ3) is 3.31. The molecule has 2 rings (SSSR count). The Labute approximate surface area is 114 Å². The molecule has 0 bridgehead atoms. The van der Waals surface area contributed by atoms with Gasteiger partial charge in [-0.1, -0.05) is 32.0 Å². The summed E-state index contributed by atoms with van der Waals surface area (Å²) in [6.45, 7) is 6.90. The van der Waals surface area contributed by atoms with E-state index in [2.05, 4.69) is 24.1 Å². The van der Waals surface area contributed by atoms with E-state index in [-0.39, 0.29) is 0 Å². The predicted molar refractivity (Wildman–Crippen MR) is 79.1 cm³/mol. The van der Waals surface area contributed by atoms with Crippen LogP contribution in [-0.2, 0) is 5.60 Å². The summed E-state index contributed by atoms with van der Waals surface area (Å²) in [7, 11) is 0. The fourth-order valence-electron chi connectivity index (χ4n) is 2.33. The average molecular weight is 258 g/mol. The Morgan fingerprint density at radius 3 is 2.84 bits per heavy atom. The molecule has 1 heterocycles. The number of aliphatic hydroxyl groups is 1. The fourth-order valence-corrected chi connectivity index (χ4v) is 2.33. The van der Waals surface area contributed by atoms with E-state index in [1.807, 2.05) is 37.4 Å². The van der Waals surface area contributed by atoms with Crippen molar-refractivity contribution in [1.29, 1.82) is 0 Å². The van der Waals surface area contributed by atoms with Gasteiger partial charge in [-0.25, -0.2) is 0 Å². The molecule has 0 fully saturated rings. The minimum absolute atomic E-state index is 0.438. The summed E-state index contributed by atoms with van der Waals surface area (Å²) >= 11 is 0. The minimum atomic E-state index is -0.831. The highest BCUT2D eigenvalue weighted by molar-refractivity contribution is 5.85. The molecule has 2 N–H and O–H groups in total. The third-order valence-corrected chi connectivity index (χ3v) is 3.43. The van der Waals surface area contributed by atoms with Crippen molar-refractivity contribution < 1.29 is 5.11 Å². The summed E-state index contributed by atoms with van der Waals surface area (Å²) in [5.74, 6) is 0. The highest BCUT2D eigenvalue weighted by Crippen LogP contribution is 2.30. The van der Waals surface area contributed by atoms with Crippen molar-refractivity contribution in [1.82, 2.24) is 10.3 Å². The Morgan fingerprint density at radius 2 is 2.11 bits per heavy atom. The second-order valence-electron chi connectivity index (χ2n) is 5.54. The van der Waals surface area contributed by atoms with Crippen LogP contribution in [0.2, 0.25) is 0 Å². The molecule has 0 aliphatic heterocycles. The van der Waals surface area contributed by atoms with Crippen molar-refractivity contribution in [2.45, 2.75) is 38.8 Å². The first-order valence-corrected chi connectivity index (χ1v) is 6.80. The average Bonchev–Trinajstić information content (AvgIpc) is 2.37. The van der Waals surface area contributed by atoms with Gasteiger partial charge in [-0.2, -0.15) is 0 Å². The van der Waals surface area contributed by atoms with Crippen LogP contribution >= 0.6 is 0 Å². The molecule has 0 saturated heterocycles. The highest BCUT2D eigenvalue weighted by Gasteiger charge is 2.24. The van der Waals surface area contributed by atoms with Crippen LogP contribution in [0.4, 0.5) is 0 Å². The van der Waals surface area contributed by atoms with Gasteiger partial charge in [-0.15, -0.1) is 0 Å². The molecular weight excluding hydrogens is 236 g/mol. The summed E-state index contributed by atoms with van der Waals surface area (Å²) in [4.78, 5) is 4.13. The van der Waals surface area contributed by atoms with Gasteiger partial charge in [0, 0.05) is 23.8 Å². The van der Waals surface area contributed by atoms with Crippen LogP contribution < -0.4 is 5.32 Å². The molecule has 0 amide bonds. The molecule has 1 aromatic heterocycles. The molecule has 19 heavy (non-hydrogen) atoms. The summed E-state index contributed by atoms with van der Waals surface area (Å²) in [5, 5.41) is 16.2. The van der Waals surface area contributed by atoms with Crippen molar-refractivity contribution >= 4 is 10.8 Å². The number of benzene rings is 1. The molecule has 3 nitrogen and oxygen atoms in total. The van der Waals surface area contributed by atoms with Crippen LogP contribution in [0.3, 0.4) is 0 Å². The van der Waals surface area contributed by atoms with Crippen LogP contribution in [0.15, 0.2) is 36.7 Å². The summed E-state index contributed by atoms with van der Waals surface area (Å²) in [5.41, 5.74) is 0.140. The fraction of sp³-hybridized carbons (Fsp3) is 0.438. The zero-order chi connectivity index (χ0) is 13.9. The smallest absolute Gasteiger partial charge is 0.0886 e. The molecule has 0 spiro atoms. The number of nitrogens with one attached hydrogen (secondary N) is 1. The summed E-state index contributed by atoms with van der Waals surface area (Å²) in [6, 6.07) is 8.40. The largest absolute Gasteiger partial charge is 0.385 e. The number of hydrogen-bond donors (Lipinski definition) is 2. The zero-order valence-corrected chi connectivity index (χ0v) is 11.9. The maximum absolute atomic E-state index is 10.7. The molecule has 102 valence electrons. The van der Waals surface area contributed by atoms with Crippen LogP contribution in [0.5, 0.6) is 0 Å². The van der Waals surface area contributed by atoms with E-state index < -0.39 is 5.60 Å². The van der Waals surface area contributed by atoms with Gasteiger partial charge in [0.05, 0.1) is 5.60 Å². The SMILES string of the molecule is CC(C)NCCC(C)(O)c1cccc2cnccc12. The molecular formula is C16H22N2O. The lowest BCUT2D eigenvalue weighted by Crippen LogP contribution is -2.31. The van der Waals surface area contributed by atoms with Gasteiger partial charge in [0.1, 0.15) is 0 Å². The van der Waals surface area contributed by atoms with E-state index in [0.717, 1.165) is 22.9 Å². The molecule has 3 heteroatoms. The second kappa shape index (κ2) is 5.68. The van der Waals surface area contributed by atoms with Crippen LogP contribution in [0.25, 0.3) is 10.8 Å². The molecule has 1 unspecified atom stereocenters. The van der Waals surface area contributed by atoms with E-state index in [1.165, 1.54) is 0 Å². The van der Waals surface area contributed by atoms with Gasteiger partial charge in [0.2, 0.25) is 0 Å². The topological polar surface area (TPSA) is 45.1 Å². The lowest BCUT2D eigenvalue weighted by atomic mass is 9.89. The maximum Gasteiger partial charge on any atom is 0.0886 e. The van der Waals surface area contributed by atoms with E-state index >= 15 is 0 Å². The molecule has 1 aromatic carbocycles. The maximum atomic E-state index is 10.7. The highest BCUT2D eigenvalue weighted by atomic mass is 16.3. The number of nitrogens with zero attached hydrogens (tertiary/aromatic N) is 1. The molecule has 0 saturated carbocycles. The van der Waals surface area contributed by atoms with Gasteiger partial charge in [-0.3, -0.25) is 4.98 Å². The second-order valence-corrected chi connectivity index (χ2v) is 5.54. The zero-order valence-electron chi connectivity index (χ0n) is 11.9. The van der Waals surface area contributed by atoms with Crippen LogP contribution in [-0.4, -0.2) is 22.7 Å². The standard InChI is InChI=1S/C16H22N2O/c1-12(2)18-10-8-16(3,19)15-6-4-5-13-11-17-9-7-14(13)15/h4-7,9,11-12,18-19H,8,10H2,1-3H3. The summed E-state index contributed by atoms with van der Waals surface area (Å²) < 4.78 is 0. The van der Waals surface area contributed by atoms with Crippen molar-refractivity contribution in [3.8, 4) is 0 Å². The van der Waals surface area contributed by atoms with Gasteiger partial charge < -0.3 is 10.4 Å². The predicted octanol–water partition coefficient (Wildman–Crippen LogP) is 2.83. The number of hydrogen-bond acceptors (Lipinski definition) is 3. The van der Waals surface area contributed by atoms with Crippen molar-refractivity contribution in [3.63, 3.8) is 0 Å². The lowest BCUT2D eigenvalue weighted by Gasteiger charge is -2.26. The van der Waals surface area contributed by atoms with Crippen molar-refractivity contribution in [3.05, 3.63) is 42.2 Å². The van der Waals surface area contributed by atoms with Gasteiger partial charge in [-0.05, 0) is 36.9 Å². The first kappa shape index (κ1) is 14.0. The van der Waals surface area contributed by atoms with Crippen LogP contribution in [0, 0.1) is 0 Å². The van der Waals surface area contributed by atoms with Crippen molar-refractivity contribution in [2.75, 3.05) is 6.54 Å². The van der Waals surface area contributed by atoms with Crippen molar-refractivity contribution in [2.24, 2.45) is 0 Å². The quantitative estimate of drug-likeness (QED) is 0.867. The first-order valence-electron chi connectivity index (χ1n) is 6.80. The number of rotatable bonds is 5. The van der Waals surface area contributed by atoms with E-state index in [9.17, 15) is 5.11 Å². The molecule has 0 radical (unpaired) electrons. The van der Waals surface area contributed by atoms with E-state index in [1.54, 1.807) is 6.20 Å². The third-order valence-electron chi connectivity index (χ3n) is 3.43. The summed E-state index contributed by atoms with van der Waals surface area (Å²) in [6.07, 6.45) is 4.29. The molecule has 0 aliphatic rings. The Hall–Kier alpha value is -1.45. The first-order chi connectivity index (χ1) is 9.00. The van der Waals surface area contributed by atoms with Crippen LogP contribution in [0.1, 0.15) is 32.8 Å². The minimum Gasteiger partial charge on any atom is -0.385 e. The van der Waals surface area contributed by atoms with Gasteiger partial charge in [0.15, 0.2) is 0 Å². The number of aromatic nitrogens is 1. The lowest BCUT2D eigenvalue weighted by molar-refractivity contribution is 0.0490. The Bertz CT molecular complexity index is 544. The Morgan fingerprint density at radius 1 is 1.32 bits per heavy atom. The molecule has 1 atom stereocenters. The molecule has 0 aliphatic carbocycles. The Balaban J connectivity index is 2.27. The Kier molecular flexibility index (Phi) is 4.17. The van der Waals surface area contributed by atoms with E-state index in [0.29, 0.717) is 12.5 Å². The van der Waals surface area contributed by atoms with E-state index in [4.69, 9.17) is 0 Å². The van der Waals surface area contributed by atoms with Gasteiger partial charge >= 0.3 is 0 Å². The monoisotopic (exact) mass is 258 g/mol. The molecule has 2 aromatic rings. The number of pyridine rings is 1. The van der Waals surface area contributed by atoms with Gasteiger partial charge in [0.25, 0.3) is 0 Å².